The van der Waals surface area contributed by atoms with Crippen molar-refractivity contribution >= 4 is 51.4 Å². The lowest BCUT2D eigenvalue weighted by atomic mass is 10.1. The number of hydrogen-bond acceptors (Lipinski definition) is 9. The number of rotatable bonds is 12. The number of anilines is 1. The topological polar surface area (TPSA) is 170 Å². The van der Waals surface area contributed by atoms with E-state index in [1.165, 1.54) is 0 Å². The molecule has 5 rings (SSSR count). The van der Waals surface area contributed by atoms with Crippen molar-refractivity contribution < 1.29 is 29.1 Å². The van der Waals surface area contributed by atoms with Gasteiger partial charge in [-0.2, -0.15) is 0 Å². The fraction of sp³-hybridized carbons (Fsp3) is 0.375. The molecule has 0 aliphatic carbocycles. The summed E-state index contributed by atoms with van der Waals surface area (Å²) in [6.07, 6.45) is 3.03. The van der Waals surface area contributed by atoms with Crippen molar-refractivity contribution in [3.05, 3.63) is 58.9 Å². The first-order chi connectivity index (χ1) is 21.1. The summed E-state index contributed by atoms with van der Waals surface area (Å²) in [5, 5.41) is 14.3. The Morgan fingerprint density at radius 3 is 2.50 bits per heavy atom. The molecule has 0 atom stereocenters. The largest absolute Gasteiger partial charge is 0.508 e. The molecule has 44 heavy (non-hydrogen) atoms. The zero-order chi connectivity index (χ0) is 31.4. The Hall–Kier alpha value is -5.00. The van der Waals surface area contributed by atoms with Crippen LogP contribution in [0.5, 0.6) is 5.75 Å². The molecule has 1 saturated heterocycles. The lowest BCUT2D eigenvalue weighted by Gasteiger charge is -2.13. The lowest BCUT2D eigenvalue weighted by molar-refractivity contribution is -0.197. The number of nitrogen functional groups attached to an aromatic ring is 1. The first kappa shape index (κ1) is 30.5. The highest BCUT2D eigenvalue weighted by Gasteiger charge is 2.32. The zero-order valence-corrected chi connectivity index (χ0v) is 24.9. The highest BCUT2D eigenvalue weighted by Crippen LogP contribution is 2.31. The van der Waals surface area contributed by atoms with E-state index in [1.807, 2.05) is 37.3 Å². The van der Waals surface area contributed by atoms with E-state index in [0.29, 0.717) is 28.5 Å². The second-order valence-electron chi connectivity index (χ2n) is 11.1. The van der Waals surface area contributed by atoms with E-state index in [2.05, 4.69) is 21.8 Å². The number of phenols is 1. The van der Waals surface area contributed by atoms with Crippen LogP contribution in [0.15, 0.2) is 36.4 Å². The molecular formula is C32H36N6O6. The Balaban J connectivity index is 1.29. The first-order valence-electron chi connectivity index (χ1n) is 14.8. The molecule has 2 aromatic carbocycles. The monoisotopic (exact) mass is 600 g/mol. The van der Waals surface area contributed by atoms with E-state index >= 15 is 0 Å². The number of nitrogens with two attached hydrogens (primary N) is 1. The van der Waals surface area contributed by atoms with Crippen LogP contribution in [0.1, 0.15) is 74.4 Å². The van der Waals surface area contributed by atoms with E-state index in [4.69, 9.17) is 15.6 Å². The fourth-order valence-electron chi connectivity index (χ4n) is 5.30. The van der Waals surface area contributed by atoms with Crippen LogP contribution < -0.4 is 11.1 Å². The van der Waals surface area contributed by atoms with Crippen LogP contribution >= 0.6 is 0 Å². The summed E-state index contributed by atoms with van der Waals surface area (Å²) in [7, 11) is 0. The van der Waals surface area contributed by atoms with Gasteiger partial charge in [-0.25, -0.2) is 14.8 Å². The van der Waals surface area contributed by atoms with Gasteiger partial charge in [-0.05, 0) is 48.6 Å². The number of aromatic nitrogens is 3. The summed E-state index contributed by atoms with van der Waals surface area (Å²) in [6.45, 7) is 4.82. The maximum absolute atomic E-state index is 12.4. The number of amides is 3. The molecule has 0 saturated carbocycles. The number of nitrogens with zero attached hydrogens (tertiary/aromatic N) is 4. The normalized spacial score (nSPS) is 13.3. The summed E-state index contributed by atoms with van der Waals surface area (Å²) in [6, 6.07) is 11.4. The van der Waals surface area contributed by atoms with E-state index in [1.54, 1.807) is 6.07 Å². The van der Waals surface area contributed by atoms with Gasteiger partial charge in [0.25, 0.3) is 11.8 Å². The first-order valence-corrected chi connectivity index (χ1v) is 14.8. The van der Waals surface area contributed by atoms with Gasteiger partial charge in [0, 0.05) is 50.6 Å². The van der Waals surface area contributed by atoms with E-state index < -0.39 is 17.8 Å². The molecule has 4 N–H and O–H groups in total. The summed E-state index contributed by atoms with van der Waals surface area (Å²) in [5.74, 6) is -0.557. The number of imide groups is 1. The van der Waals surface area contributed by atoms with E-state index in [9.17, 15) is 24.3 Å². The third-order valence-corrected chi connectivity index (χ3v) is 7.68. The predicted octanol–water partition coefficient (Wildman–Crippen LogP) is 3.97. The smallest absolute Gasteiger partial charge is 0.333 e. The number of carbonyl (C=O) groups is 4. The van der Waals surface area contributed by atoms with Crippen molar-refractivity contribution in [1.29, 1.82) is 0 Å². The van der Waals surface area contributed by atoms with Crippen molar-refractivity contribution in [3.63, 3.8) is 0 Å². The van der Waals surface area contributed by atoms with Crippen LogP contribution in [0.3, 0.4) is 0 Å². The number of phenolic OH excluding ortho intramolecular Hbond substituents is 1. The molecule has 12 heteroatoms. The van der Waals surface area contributed by atoms with Gasteiger partial charge >= 0.3 is 5.97 Å². The summed E-state index contributed by atoms with van der Waals surface area (Å²) >= 11 is 0. The SMILES string of the molecule is CCCCc1nc2c(N)nc3cc(CNC(=O)CCCC(=O)ON4C(=O)CCC4=O)ccc3c2n1Cc1ccc(O)c(C)c1. The van der Waals surface area contributed by atoms with Gasteiger partial charge < -0.3 is 25.6 Å². The second kappa shape index (κ2) is 13.1. The molecule has 3 heterocycles. The average Bonchev–Trinajstić information content (AvgIpc) is 3.52. The van der Waals surface area contributed by atoms with Gasteiger partial charge in [-0.15, -0.1) is 5.06 Å². The molecule has 0 unspecified atom stereocenters. The molecule has 230 valence electrons. The van der Waals surface area contributed by atoms with Crippen LogP contribution in [0, 0.1) is 6.92 Å². The predicted molar refractivity (Wildman–Crippen MR) is 163 cm³/mol. The third kappa shape index (κ3) is 6.64. The number of aryl methyl sites for hydroxylation is 2. The number of unbranched alkanes of at least 4 members (excludes halogenated alkanes) is 1. The number of hydroxylamine groups is 2. The average molecular weight is 601 g/mol. The van der Waals surface area contributed by atoms with Crippen molar-refractivity contribution in [2.45, 2.75) is 78.3 Å². The Morgan fingerprint density at radius 2 is 1.77 bits per heavy atom. The number of aromatic hydroxyl groups is 1. The van der Waals surface area contributed by atoms with Gasteiger partial charge in [0.2, 0.25) is 5.91 Å². The van der Waals surface area contributed by atoms with Crippen LogP contribution in [0.25, 0.3) is 21.9 Å². The molecule has 1 aliphatic rings. The van der Waals surface area contributed by atoms with Crippen molar-refractivity contribution in [1.82, 2.24) is 24.9 Å². The number of pyridine rings is 1. The molecule has 3 amide bonds. The molecule has 1 aliphatic heterocycles. The maximum atomic E-state index is 12.4. The summed E-state index contributed by atoms with van der Waals surface area (Å²) in [5.41, 5.74) is 11.3. The Bertz CT molecular complexity index is 1750. The number of nitrogens with one attached hydrogen (secondary N) is 1. The number of hydrogen-bond donors (Lipinski definition) is 3. The maximum Gasteiger partial charge on any atom is 0.333 e. The molecule has 12 nitrogen and oxygen atoms in total. The highest BCUT2D eigenvalue weighted by molar-refractivity contribution is 6.07. The molecule has 0 spiro atoms. The summed E-state index contributed by atoms with van der Waals surface area (Å²) < 4.78 is 2.18. The molecule has 2 aromatic heterocycles. The Kier molecular flexibility index (Phi) is 9.07. The highest BCUT2D eigenvalue weighted by atomic mass is 16.7. The van der Waals surface area contributed by atoms with Crippen LogP contribution in [-0.2, 0) is 43.5 Å². The van der Waals surface area contributed by atoms with Crippen molar-refractivity contribution in [2.24, 2.45) is 0 Å². The van der Waals surface area contributed by atoms with Crippen molar-refractivity contribution in [2.75, 3.05) is 5.73 Å². The minimum absolute atomic E-state index is 0.0272. The number of carbonyl (C=O) groups excluding carboxylic acids is 4. The molecule has 4 aromatic rings. The Labute approximate surface area is 254 Å². The molecule has 0 bridgehead atoms. The van der Waals surface area contributed by atoms with Crippen LogP contribution in [-0.4, -0.2) is 48.4 Å². The van der Waals surface area contributed by atoms with Gasteiger partial charge in [-0.3, -0.25) is 14.4 Å². The number of fused-ring (bicyclic) bond motifs is 3. The third-order valence-electron chi connectivity index (χ3n) is 7.68. The molecule has 0 radical (unpaired) electrons. The molecule has 1 fully saturated rings. The van der Waals surface area contributed by atoms with Crippen LogP contribution in [0.4, 0.5) is 5.82 Å². The number of imidazole rings is 1. The Morgan fingerprint density at radius 1 is 1.02 bits per heavy atom. The lowest BCUT2D eigenvalue weighted by Crippen LogP contribution is -2.32. The van der Waals surface area contributed by atoms with Crippen molar-refractivity contribution in [3.8, 4) is 5.75 Å². The van der Waals surface area contributed by atoms with Gasteiger partial charge in [0.05, 0.1) is 11.0 Å². The standard InChI is InChI=1S/C32H36N6O6/c1-3-4-6-25-36-30-31(37(25)18-21-10-12-24(39)19(2)15-21)22-11-9-20(16-23(22)35-32(30)33)17-34-26(40)7-5-8-29(43)44-38-27(41)13-14-28(38)42/h9-12,15-16,39H,3-8,13-14,17-18H2,1-2H3,(H2,33,35)(H,34,40). The quantitative estimate of drug-likeness (QED) is 0.204. The summed E-state index contributed by atoms with van der Waals surface area (Å²) in [4.78, 5) is 61.9. The fourth-order valence-corrected chi connectivity index (χ4v) is 5.30. The van der Waals surface area contributed by atoms with Gasteiger partial charge in [-0.1, -0.05) is 37.6 Å². The number of benzene rings is 2. The second-order valence-corrected chi connectivity index (χ2v) is 11.1. The minimum Gasteiger partial charge on any atom is -0.508 e. The van der Waals surface area contributed by atoms with Gasteiger partial charge in [0.1, 0.15) is 17.1 Å². The van der Waals surface area contributed by atoms with Gasteiger partial charge in [0.15, 0.2) is 5.82 Å². The van der Waals surface area contributed by atoms with Crippen LogP contribution in [0.2, 0.25) is 0 Å². The zero-order valence-electron chi connectivity index (χ0n) is 24.9. The molecular weight excluding hydrogens is 564 g/mol. The van der Waals surface area contributed by atoms with E-state index in [0.717, 1.165) is 52.7 Å². The van der Waals surface area contributed by atoms with E-state index in [-0.39, 0.29) is 50.3 Å². The minimum atomic E-state index is -0.733.